The van der Waals surface area contributed by atoms with Crippen molar-refractivity contribution in [2.24, 2.45) is 0 Å². The zero-order valence-electron chi connectivity index (χ0n) is 15.9. The Hall–Kier alpha value is -2.63. The first kappa shape index (κ1) is 17.8. The fourth-order valence-corrected chi connectivity index (χ4v) is 3.95. The maximum absolute atomic E-state index is 12.3. The number of rotatable bonds is 4. The summed E-state index contributed by atoms with van der Waals surface area (Å²) in [6.45, 7) is 5.83. The first-order valence-corrected chi connectivity index (χ1v) is 9.88. The number of nitrogens with one attached hydrogen (secondary N) is 1. The van der Waals surface area contributed by atoms with Crippen molar-refractivity contribution >= 4 is 17.4 Å². The molecule has 1 aromatic carbocycles. The smallest absolute Gasteiger partial charge is 0.271 e. The summed E-state index contributed by atoms with van der Waals surface area (Å²) in [6, 6.07) is 8.93. The van der Waals surface area contributed by atoms with Crippen LogP contribution in [0, 0.1) is 6.92 Å². The van der Waals surface area contributed by atoms with Gasteiger partial charge in [0.2, 0.25) is 0 Å². The van der Waals surface area contributed by atoms with Crippen molar-refractivity contribution in [3.05, 3.63) is 47.9 Å². The number of hydrogen-bond donors (Lipinski definition) is 1. The van der Waals surface area contributed by atoms with Gasteiger partial charge in [0.25, 0.3) is 5.91 Å². The molecule has 2 fully saturated rings. The molecule has 2 aromatic rings. The van der Waals surface area contributed by atoms with Crippen LogP contribution in [0.25, 0.3) is 0 Å². The number of piperazine rings is 1. The van der Waals surface area contributed by atoms with E-state index in [1.807, 2.05) is 0 Å². The fourth-order valence-electron chi connectivity index (χ4n) is 3.95. The van der Waals surface area contributed by atoms with Crippen molar-refractivity contribution < 1.29 is 4.79 Å². The molecule has 1 N–H and O–H groups in total. The number of hydrogen-bond acceptors (Lipinski definition) is 5. The lowest BCUT2D eigenvalue weighted by molar-refractivity contribution is 0.0932. The molecule has 142 valence electrons. The molecule has 1 aromatic heterocycles. The average Bonchev–Trinajstić information content (AvgIpc) is 3.21. The van der Waals surface area contributed by atoms with E-state index in [9.17, 15) is 4.79 Å². The summed E-state index contributed by atoms with van der Waals surface area (Å²) in [5, 5.41) is 3.06. The maximum atomic E-state index is 12.3. The summed E-state index contributed by atoms with van der Waals surface area (Å²) in [4.78, 5) is 25.8. The van der Waals surface area contributed by atoms with Crippen LogP contribution in [-0.4, -0.2) is 48.1 Å². The van der Waals surface area contributed by atoms with Gasteiger partial charge in [-0.1, -0.05) is 25.0 Å². The van der Waals surface area contributed by atoms with Gasteiger partial charge < -0.3 is 15.1 Å². The SMILES string of the molecule is Cc1cccc(N2CCN(c3cnc(C(=O)NC4CCCC4)cn3)CC2)c1. The molecular formula is C21H27N5O. The molecule has 4 rings (SSSR count). The minimum absolute atomic E-state index is 0.106. The van der Waals surface area contributed by atoms with Crippen LogP contribution < -0.4 is 15.1 Å². The summed E-state index contributed by atoms with van der Waals surface area (Å²) >= 11 is 0. The summed E-state index contributed by atoms with van der Waals surface area (Å²) in [6.07, 6.45) is 7.87. The third-order valence-electron chi connectivity index (χ3n) is 5.53. The number of nitrogens with zero attached hydrogens (tertiary/aromatic N) is 4. The van der Waals surface area contributed by atoms with E-state index in [2.05, 4.69) is 56.3 Å². The Balaban J connectivity index is 1.34. The number of aromatic nitrogens is 2. The topological polar surface area (TPSA) is 61.4 Å². The zero-order chi connectivity index (χ0) is 18.6. The second-order valence-electron chi connectivity index (χ2n) is 7.53. The Morgan fingerprint density at radius 1 is 1.04 bits per heavy atom. The summed E-state index contributed by atoms with van der Waals surface area (Å²) in [5.41, 5.74) is 2.97. The minimum atomic E-state index is -0.106. The molecule has 0 radical (unpaired) electrons. The normalized spacial score (nSPS) is 18.0. The van der Waals surface area contributed by atoms with E-state index in [0.29, 0.717) is 11.7 Å². The van der Waals surface area contributed by atoms with Crippen LogP contribution in [0.1, 0.15) is 41.7 Å². The molecule has 2 heterocycles. The first-order chi connectivity index (χ1) is 13.2. The molecule has 0 atom stereocenters. The van der Waals surface area contributed by atoms with Crippen molar-refractivity contribution in [2.75, 3.05) is 36.0 Å². The van der Waals surface area contributed by atoms with Gasteiger partial charge >= 0.3 is 0 Å². The second kappa shape index (κ2) is 7.94. The molecule has 1 aliphatic carbocycles. The standard InChI is InChI=1S/C21H27N5O/c1-16-5-4-8-18(13-16)25-9-11-26(12-10-25)20-15-22-19(14-23-20)21(27)24-17-6-2-3-7-17/h4-5,8,13-15,17H,2-3,6-7,9-12H2,1H3,(H,24,27). The lowest BCUT2D eigenvalue weighted by Gasteiger charge is -2.36. The predicted octanol–water partition coefficient (Wildman–Crippen LogP) is 2.78. The average molecular weight is 365 g/mol. The van der Waals surface area contributed by atoms with Gasteiger partial charge in [0.15, 0.2) is 0 Å². The van der Waals surface area contributed by atoms with Gasteiger partial charge in [0.1, 0.15) is 11.5 Å². The summed E-state index contributed by atoms with van der Waals surface area (Å²) in [7, 11) is 0. The maximum Gasteiger partial charge on any atom is 0.271 e. The first-order valence-electron chi connectivity index (χ1n) is 9.88. The monoisotopic (exact) mass is 365 g/mol. The third kappa shape index (κ3) is 4.21. The fraction of sp³-hybridized carbons (Fsp3) is 0.476. The third-order valence-corrected chi connectivity index (χ3v) is 5.53. The molecule has 0 bridgehead atoms. The van der Waals surface area contributed by atoms with E-state index in [1.165, 1.54) is 24.1 Å². The Labute approximate surface area is 160 Å². The Bertz CT molecular complexity index is 777. The Kier molecular flexibility index (Phi) is 5.23. The van der Waals surface area contributed by atoms with Gasteiger partial charge in [-0.3, -0.25) is 4.79 Å². The predicted molar refractivity (Wildman–Crippen MR) is 107 cm³/mol. The number of aryl methyl sites for hydroxylation is 1. The zero-order valence-corrected chi connectivity index (χ0v) is 15.9. The van der Waals surface area contributed by atoms with Crippen molar-refractivity contribution in [3.63, 3.8) is 0 Å². The number of carbonyl (C=O) groups excluding carboxylic acids is 1. The van der Waals surface area contributed by atoms with Crippen molar-refractivity contribution in [3.8, 4) is 0 Å². The lowest BCUT2D eigenvalue weighted by Crippen LogP contribution is -2.47. The van der Waals surface area contributed by atoms with Crippen LogP contribution in [0.2, 0.25) is 0 Å². The van der Waals surface area contributed by atoms with Crippen LogP contribution in [0.3, 0.4) is 0 Å². The van der Waals surface area contributed by atoms with Crippen LogP contribution in [0.4, 0.5) is 11.5 Å². The highest BCUT2D eigenvalue weighted by atomic mass is 16.1. The lowest BCUT2D eigenvalue weighted by atomic mass is 10.2. The molecule has 1 aliphatic heterocycles. The van der Waals surface area contributed by atoms with E-state index < -0.39 is 0 Å². The van der Waals surface area contributed by atoms with Gasteiger partial charge in [-0.05, 0) is 37.5 Å². The molecule has 1 amide bonds. The van der Waals surface area contributed by atoms with Gasteiger partial charge in [-0.25, -0.2) is 9.97 Å². The highest BCUT2D eigenvalue weighted by molar-refractivity contribution is 5.92. The van der Waals surface area contributed by atoms with Crippen LogP contribution >= 0.6 is 0 Å². The summed E-state index contributed by atoms with van der Waals surface area (Å²) < 4.78 is 0. The van der Waals surface area contributed by atoms with Crippen LogP contribution in [-0.2, 0) is 0 Å². The number of benzene rings is 1. The van der Waals surface area contributed by atoms with Gasteiger partial charge in [-0.15, -0.1) is 0 Å². The van der Waals surface area contributed by atoms with E-state index in [1.54, 1.807) is 12.4 Å². The Morgan fingerprint density at radius 3 is 2.44 bits per heavy atom. The van der Waals surface area contributed by atoms with E-state index in [0.717, 1.165) is 44.8 Å². The highest BCUT2D eigenvalue weighted by Crippen LogP contribution is 2.20. The molecule has 6 heteroatoms. The summed E-state index contributed by atoms with van der Waals surface area (Å²) in [5.74, 6) is 0.738. The number of anilines is 2. The highest BCUT2D eigenvalue weighted by Gasteiger charge is 2.21. The van der Waals surface area contributed by atoms with Crippen molar-refractivity contribution in [2.45, 2.75) is 38.6 Å². The van der Waals surface area contributed by atoms with E-state index >= 15 is 0 Å². The quantitative estimate of drug-likeness (QED) is 0.903. The van der Waals surface area contributed by atoms with Gasteiger partial charge in [0.05, 0.1) is 12.4 Å². The van der Waals surface area contributed by atoms with Crippen LogP contribution in [0.5, 0.6) is 0 Å². The molecule has 0 spiro atoms. The van der Waals surface area contributed by atoms with Crippen molar-refractivity contribution in [1.29, 1.82) is 0 Å². The molecule has 0 unspecified atom stereocenters. The largest absolute Gasteiger partial charge is 0.368 e. The molecule has 2 aliphatic rings. The molecule has 1 saturated carbocycles. The molecular weight excluding hydrogens is 338 g/mol. The van der Waals surface area contributed by atoms with Crippen molar-refractivity contribution in [1.82, 2.24) is 15.3 Å². The van der Waals surface area contributed by atoms with Gasteiger partial charge in [-0.2, -0.15) is 0 Å². The number of amides is 1. The Morgan fingerprint density at radius 2 is 1.78 bits per heavy atom. The molecule has 27 heavy (non-hydrogen) atoms. The second-order valence-corrected chi connectivity index (χ2v) is 7.53. The molecule has 1 saturated heterocycles. The molecule has 6 nitrogen and oxygen atoms in total. The minimum Gasteiger partial charge on any atom is -0.368 e. The number of carbonyl (C=O) groups is 1. The van der Waals surface area contributed by atoms with Gasteiger partial charge in [0, 0.05) is 37.9 Å². The van der Waals surface area contributed by atoms with Crippen LogP contribution in [0.15, 0.2) is 36.7 Å². The van der Waals surface area contributed by atoms with E-state index in [4.69, 9.17) is 0 Å². The van der Waals surface area contributed by atoms with E-state index in [-0.39, 0.29) is 5.91 Å².